The van der Waals surface area contributed by atoms with Gasteiger partial charge >= 0.3 is 153 Å². The molecule has 1 unspecified atom stereocenters. The molecule has 2 nitrogen and oxygen atoms in total. The van der Waals surface area contributed by atoms with E-state index in [9.17, 15) is 4.79 Å². The van der Waals surface area contributed by atoms with Gasteiger partial charge in [-0.3, -0.25) is 0 Å². The quantitative estimate of drug-likeness (QED) is 0.146. The summed E-state index contributed by atoms with van der Waals surface area (Å²) in [5.41, 5.74) is 1.47. The third-order valence-corrected chi connectivity index (χ3v) is 8.53. The van der Waals surface area contributed by atoms with Gasteiger partial charge in [-0.25, -0.2) is 0 Å². The second-order valence-corrected chi connectivity index (χ2v) is 11.6. The summed E-state index contributed by atoms with van der Waals surface area (Å²) in [6, 6.07) is 8.92. The van der Waals surface area contributed by atoms with Crippen molar-refractivity contribution in [3.05, 3.63) is 33.4 Å². The van der Waals surface area contributed by atoms with Gasteiger partial charge in [0.25, 0.3) is 0 Å². The zero-order valence-electron chi connectivity index (χ0n) is 15.5. The van der Waals surface area contributed by atoms with Gasteiger partial charge in [-0.15, -0.1) is 0 Å². The molecule has 0 aliphatic carbocycles. The minimum absolute atomic E-state index is 0.147. The van der Waals surface area contributed by atoms with Gasteiger partial charge in [-0.05, 0) is 22.6 Å². The van der Waals surface area contributed by atoms with E-state index in [1.165, 1.54) is 69.4 Å². The Bertz CT molecular complexity index is 461. The van der Waals surface area contributed by atoms with Crippen molar-refractivity contribution in [1.82, 2.24) is 0 Å². The summed E-state index contributed by atoms with van der Waals surface area (Å²) in [5, 5.41) is 8.84. The monoisotopic (exact) mass is 574 g/mol. The normalized spacial score (nSPS) is 12.2. The van der Waals surface area contributed by atoms with Gasteiger partial charge in [0, 0.05) is 3.57 Å². The third-order valence-electron chi connectivity index (χ3n) is 4.51. The molecule has 1 rings (SSSR count). The molecule has 0 aliphatic heterocycles. The second kappa shape index (κ2) is 15.3. The molecule has 0 spiro atoms. The number of unbranched alkanes of at least 4 members (excludes halogenated alkanes) is 6. The number of hydrogen-bond acceptors (Lipinski definition) is 1. The van der Waals surface area contributed by atoms with Crippen LogP contribution >= 0.6 is 22.6 Å². The summed E-state index contributed by atoms with van der Waals surface area (Å²) in [6.45, 7) is 1.82. The fraction of sp³-hybridized carbons (Fsp3) is 0.667. The number of aryl methyl sites for hydroxylation is 1. The summed E-state index contributed by atoms with van der Waals surface area (Å²) >= 11 is 2.50. The van der Waals surface area contributed by atoms with Crippen molar-refractivity contribution < 1.29 is 9.90 Å². The molecule has 0 bridgehead atoms. The molecule has 4 heteroatoms. The van der Waals surface area contributed by atoms with Gasteiger partial charge in [0.05, 0.1) is 0 Å². The summed E-state index contributed by atoms with van der Waals surface area (Å²) in [4.78, 5) is 10.7. The van der Waals surface area contributed by atoms with Crippen LogP contribution in [0.15, 0.2) is 24.3 Å². The average Bonchev–Trinajstić information content (AvgIpc) is 2.60. The Kier molecular flexibility index (Phi) is 14.2. The van der Waals surface area contributed by atoms with Crippen molar-refractivity contribution >= 4 is 49.5 Å². The molecule has 1 aromatic carbocycles. The fourth-order valence-corrected chi connectivity index (χ4v) is 5.95. The van der Waals surface area contributed by atoms with Crippen molar-refractivity contribution in [2.75, 3.05) is 0 Å². The van der Waals surface area contributed by atoms with E-state index in [1.807, 2.05) is 6.92 Å². The van der Waals surface area contributed by atoms with E-state index >= 15 is 0 Å². The molecule has 0 saturated carbocycles. The summed E-state index contributed by atoms with van der Waals surface area (Å²) in [5.74, 6) is -0.794. The van der Waals surface area contributed by atoms with Crippen LogP contribution in [0.25, 0.3) is 0 Å². The molecule has 0 saturated heterocycles. The summed E-state index contributed by atoms with van der Waals surface area (Å²) in [6.07, 6.45) is 12.9. The molecule has 142 valence electrons. The number of halogens is 1. The number of aliphatic carboxylic acids is 1. The molecule has 1 atom stereocenters. The van der Waals surface area contributed by atoms with E-state index in [-0.39, 0.29) is 26.8 Å². The standard InChI is InChI=1S/C21H33IO2Te/c1-18(21(23)24)10-9-17-25-16-8-6-4-2-3-5-7-11-19-12-14-20(22)15-13-19/h12-15,18H,2-11,16-17H2,1H3,(H,23,24). The van der Waals surface area contributed by atoms with Crippen molar-refractivity contribution in [2.24, 2.45) is 5.92 Å². The van der Waals surface area contributed by atoms with Gasteiger partial charge in [0.1, 0.15) is 0 Å². The topological polar surface area (TPSA) is 37.3 Å². The van der Waals surface area contributed by atoms with E-state index in [0.29, 0.717) is 0 Å². The zero-order valence-corrected chi connectivity index (χ0v) is 20.0. The van der Waals surface area contributed by atoms with Crippen LogP contribution in [0.1, 0.15) is 70.3 Å². The van der Waals surface area contributed by atoms with E-state index in [0.717, 1.165) is 12.8 Å². The second-order valence-electron chi connectivity index (χ2n) is 6.85. The number of rotatable bonds is 15. The van der Waals surface area contributed by atoms with Crippen LogP contribution in [-0.4, -0.2) is 32.0 Å². The fourth-order valence-electron chi connectivity index (χ4n) is 2.79. The van der Waals surface area contributed by atoms with E-state index in [2.05, 4.69) is 46.9 Å². The summed E-state index contributed by atoms with van der Waals surface area (Å²) in [7, 11) is 0. The third kappa shape index (κ3) is 13.1. The molecule has 0 aromatic heterocycles. The molecule has 25 heavy (non-hydrogen) atoms. The van der Waals surface area contributed by atoms with Crippen molar-refractivity contribution in [3.63, 3.8) is 0 Å². The minimum atomic E-state index is -0.640. The van der Waals surface area contributed by atoms with Crippen LogP contribution in [0, 0.1) is 9.49 Å². The van der Waals surface area contributed by atoms with Gasteiger partial charge in [-0.1, -0.05) is 0 Å². The molecular weight excluding hydrogens is 539 g/mol. The predicted molar refractivity (Wildman–Crippen MR) is 117 cm³/mol. The van der Waals surface area contributed by atoms with Crippen LogP contribution in [0.3, 0.4) is 0 Å². The van der Waals surface area contributed by atoms with Crippen LogP contribution < -0.4 is 0 Å². The number of hydrogen-bond donors (Lipinski definition) is 1. The predicted octanol–water partition coefficient (Wildman–Crippen LogP) is 6.61. The summed E-state index contributed by atoms with van der Waals surface area (Å²) < 4.78 is 4.08. The molecule has 0 fully saturated rings. The van der Waals surface area contributed by atoms with Crippen LogP contribution in [0.2, 0.25) is 8.94 Å². The van der Waals surface area contributed by atoms with E-state index in [1.54, 1.807) is 0 Å². The van der Waals surface area contributed by atoms with Crippen molar-refractivity contribution in [3.8, 4) is 0 Å². The Labute approximate surface area is 177 Å². The van der Waals surface area contributed by atoms with Gasteiger partial charge in [0.2, 0.25) is 0 Å². The molecule has 0 aliphatic rings. The number of carboxylic acids is 1. The average molecular weight is 572 g/mol. The van der Waals surface area contributed by atoms with Crippen LogP contribution in [0.4, 0.5) is 0 Å². The molecule has 1 N–H and O–H groups in total. The van der Waals surface area contributed by atoms with Crippen LogP contribution in [-0.2, 0) is 11.2 Å². The Balaban J connectivity index is 1.80. The first kappa shape index (κ1) is 23.2. The molecular formula is C21H33IO2Te. The van der Waals surface area contributed by atoms with Gasteiger partial charge in [0.15, 0.2) is 0 Å². The molecule has 0 amide bonds. The first-order valence-electron chi connectivity index (χ1n) is 9.64. The Morgan fingerprint density at radius 1 is 0.960 bits per heavy atom. The first-order chi connectivity index (χ1) is 12.1. The van der Waals surface area contributed by atoms with Crippen LogP contribution in [0.5, 0.6) is 0 Å². The SMILES string of the molecule is CC(CCC[Te]CCCCCCCCCc1ccc(I)cc1)C(=O)O. The molecule has 0 heterocycles. The first-order valence-corrected chi connectivity index (χ1v) is 14.0. The number of carbonyl (C=O) groups is 1. The Hall–Kier alpha value is 0.210. The number of carboxylic acid groups (broad SMARTS) is 1. The van der Waals surface area contributed by atoms with Gasteiger partial charge < -0.3 is 0 Å². The zero-order chi connectivity index (χ0) is 18.3. The van der Waals surface area contributed by atoms with Crippen molar-refractivity contribution in [2.45, 2.75) is 80.1 Å². The van der Waals surface area contributed by atoms with Crippen molar-refractivity contribution in [1.29, 1.82) is 0 Å². The Morgan fingerprint density at radius 3 is 2.16 bits per heavy atom. The Morgan fingerprint density at radius 2 is 1.52 bits per heavy atom. The molecule has 0 radical (unpaired) electrons. The van der Waals surface area contributed by atoms with E-state index in [4.69, 9.17) is 5.11 Å². The maximum atomic E-state index is 10.7. The van der Waals surface area contributed by atoms with Gasteiger partial charge in [-0.2, -0.15) is 0 Å². The number of benzene rings is 1. The molecule has 1 aromatic rings. The maximum absolute atomic E-state index is 10.7. The van der Waals surface area contributed by atoms with E-state index < -0.39 is 5.97 Å².